The maximum Gasteiger partial charge on any atom is 0.306 e. The van der Waals surface area contributed by atoms with E-state index in [2.05, 4.69) is 10.3 Å². The van der Waals surface area contributed by atoms with E-state index < -0.39 is 11.5 Å². The lowest BCUT2D eigenvalue weighted by atomic mass is 9.99. The number of H-pyrrole nitrogens is 1. The molecular weight excluding hydrogens is 370 g/mol. The molecule has 1 amide bonds. The number of anilines is 1. The number of ether oxygens (including phenoxy) is 1. The molecule has 7 nitrogen and oxygen atoms in total. The van der Waals surface area contributed by atoms with Crippen LogP contribution in [0.1, 0.15) is 46.4 Å². The first-order valence-corrected chi connectivity index (χ1v) is 9.58. The number of esters is 1. The van der Waals surface area contributed by atoms with E-state index in [1.807, 2.05) is 24.3 Å². The highest BCUT2D eigenvalue weighted by atomic mass is 16.5. The molecule has 0 atom stereocenters. The zero-order valence-electron chi connectivity index (χ0n) is 16.6. The van der Waals surface area contributed by atoms with Crippen molar-refractivity contribution in [1.29, 1.82) is 5.26 Å². The van der Waals surface area contributed by atoms with Gasteiger partial charge in [-0.15, -0.1) is 0 Å². The highest BCUT2D eigenvalue weighted by Gasteiger charge is 2.15. The van der Waals surface area contributed by atoms with Crippen molar-refractivity contribution in [3.63, 3.8) is 0 Å². The van der Waals surface area contributed by atoms with Crippen molar-refractivity contribution in [2.45, 2.75) is 46.0 Å². The van der Waals surface area contributed by atoms with Crippen molar-refractivity contribution in [2.24, 2.45) is 0 Å². The van der Waals surface area contributed by atoms with Crippen LogP contribution in [0.15, 0.2) is 23.0 Å². The molecule has 1 heterocycles. The SMILES string of the molecule is Cc1[nH]c(=O)c(C#N)c(C)c1CCC(=O)OCC(=O)Nc1ccc2c(c1)CCC2. The molecule has 0 bridgehead atoms. The predicted octanol–water partition coefficient (Wildman–Crippen LogP) is 2.47. The summed E-state index contributed by atoms with van der Waals surface area (Å²) in [6.45, 7) is 3.05. The van der Waals surface area contributed by atoms with Crippen molar-refractivity contribution in [3.8, 4) is 6.07 Å². The van der Waals surface area contributed by atoms with Gasteiger partial charge < -0.3 is 15.0 Å². The standard InChI is InChI=1S/C22H23N3O4/c1-13-18(14(2)24-22(28)19(13)11-23)8-9-21(27)29-12-20(26)25-17-7-6-15-4-3-5-16(15)10-17/h6-7,10H,3-5,8-9,12H2,1-2H3,(H,24,28)(H,25,26). The molecule has 1 aliphatic carbocycles. The molecule has 3 rings (SSSR count). The fraction of sp³-hybridized carbons (Fsp3) is 0.364. The number of fused-ring (bicyclic) bond motifs is 1. The number of rotatable bonds is 6. The number of hydrogen-bond donors (Lipinski definition) is 2. The number of nitriles is 1. The van der Waals surface area contributed by atoms with Gasteiger partial charge in [-0.1, -0.05) is 6.07 Å². The molecule has 2 N–H and O–H groups in total. The van der Waals surface area contributed by atoms with Gasteiger partial charge in [0.15, 0.2) is 6.61 Å². The van der Waals surface area contributed by atoms with Crippen LogP contribution in [0.5, 0.6) is 0 Å². The topological polar surface area (TPSA) is 112 Å². The molecule has 0 spiro atoms. The number of benzene rings is 1. The van der Waals surface area contributed by atoms with Crippen molar-refractivity contribution >= 4 is 17.6 Å². The van der Waals surface area contributed by atoms with E-state index in [1.54, 1.807) is 13.8 Å². The van der Waals surface area contributed by atoms with Crippen LogP contribution in [-0.2, 0) is 33.6 Å². The van der Waals surface area contributed by atoms with E-state index in [0.29, 0.717) is 23.4 Å². The molecule has 1 aromatic carbocycles. The van der Waals surface area contributed by atoms with Gasteiger partial charge in [-0.25, -0.2) is 0 Å². The molecule has 0 radical (unpaired) electrons. The minimum atomic E-state index is -0.516. The van der Waals surface area contributed by atoms with Gasteiger partial charge in [-0.05, 0) is 73.9 Å². The number of carbonyl (C=O) groups is 2. The van der Waals surface area contributed by atoms with Crippen LogP contribution in [0.3, 0.4) is 0 Å². The molecule has 2 aromatic rings. The monoisotopic (exact) mass is 393 g/mol. The Bertz CT molecular complexity index is 1060. The van der Waals surface area contributed by atoms with E-state index in [0.717, 1.165) is 24.8 Å². The Morgan fingerprint density at radius 1 is 1.24 bits per heavy atom. The number of aromatic amines is 1. The van der Waals surface area contributed by atoms with Gasteiger partial charge in [-0.3, -0.25) is 14.4 Å². The number of pyridine rings is 1. The van der Waals surface area contributed by atoms with E-state index in [9.17, 15) is 14.4 Å². The summed E-state index contributed by atoms with van der Waals surface area (Å²) >= 11 is 0. The highest BCUT2D eigenvalue weighted by Crippen LogP contribution is 2.24. The lowest BCUT2D eigenvalue weighted by Gasteiger charge is -2.11. The average Bonchev–Trinajstić information content (AvgIpc) is 3.14. The lowest BCUT2D eigenvalue weighted by Crippen LogP contribution is -2.21. The first-order valence-electron chi connectivity index (χ1n) is 9.58. The molecule has 0 unspecified atom stereocenters. The average molecular weight is 393 g/mol. The number of hydrogen-bond acceptors (Lipinski definition) is 5. The van der Waals surface area contributed by atoms with Crippen LogP contribution in [-0.4, -0.2) is 23.5 Å². The molecule has 1 aromatic heterocycles. The Morgan fingerprint density at radius 2 is 2.00 bits per heavy atom. The molecular formula is C22H23N3O4. The lowest BCUT2D eigenvalue weighted by molar-refractivity contribution is -0.147. The third kappa shape index (κ3) is 4.72. The van der Waals surface area contributed by atoms with E-state index >= 15 is 0 Å². The summed E-state index contributed by atoms with van der Waals surface area (Å²) in [5, 5.41) is 11.9. The summed E-state index contributed by atoms with van der Waals surface area (Å²) in [4.78, 5) is 38.5. The normalized spacial score (nSPS) is 12.2. The molecule has 1 aliphatic rings. The van der Waals surface area contributed by atoms with Crippen LogP contribution in [0.2, 0.25) is 0 Å². The zero-order chi connectivity index (χ0) is 21.0. The van der Waals surface area contributed by atoms with Gasteiger partial charge in [0.25, 0.3) is 11.5 Å². The van der Waals surface area contributed by atoms with Gasteiger partial charge in [0.2, 0.25) is 0 Å². The van der Waals surface area contributed by atoms with Gasteiger partial charge in [-0.2, -0.15) is 5.26 Å². The smallest absolute Gasteiger partial charge is 0.306 e. The molecule has 0 aliphatic heterocycles. The summed E-state index contributed by atoms with van der Waals surface area (Å²) in [6.07, 6.45) is 3.59. The van der Waals surface area contributed by atoms with Gasteiger partial charge >= 0.3 is 5.97 Å². The maximum atomic E-state index is 12.1. The first kappa shape index (κ1) is 20.3. The van der Waals surface area contributed by atoms with Crippen molar-refractivity contribution in [1.82, 2.24) is 4.98 Å². The van der Waals surface area contributed by atoms with Crippen LogP contribution >= 0.6 is 0 Å². The fourth-order valence-electron chi connectivity index (χ4n) is 3.71. The summed E-state index contributed by atoms with van der Waals surface area (Å²) in [7, 11) is 0. The number of nitrogens with zero attached hydrogens (tertiary/aromatic N) is 1. The van der Waals surface area contributed by atoms with Gasteiger partial charge in [0.05, 0.1) is 0 Å². The quantitative estimate of drug-likeness (QED) is 0.732. The number of nitrogens with one attached hydrogen (secondary N) is 2. The molecule has 150 valence electrons. The van der Waals surface area contributed by atoms with Crippen LogP contribution in [0, 0.1) is 25.2 Å². The third-order valence-corrected chi connectivity index (χ3v) is 5.25. The summed E-state index contributed by atoms with van der Waals surface area (Å²) in [5.41, 5.74) is 4.82. The minimum absolute atomic E-state index is 0.0463. The molecule has 0 saturated carbocycles. The number of aromatic nitrogens is 1. The Morgan fingerprint density at radius 3 is 2.76 bits per heavy atom. The van der Waals surface area contributed by atoms with Gasteiger partial charge in [0.1, 0.15) is 11.6 Å². The predicted molar refractivity (Wildman–Crippen MR) is 108 cm³/mol. The largest absolute Gasteiger partial charge is 0.456 e. The molecule has 29 heavy (non-hydrogen) atoms. The summed E-state index contributed by atoms with van der Waals surface area (Å²) in [5.74, 6) is -0.905. The maximum absolute atomic E-state index is 12.1. The minimum Gasteiger partial charge on any atom is -0.456 e. The number of amides is 1. The highest BCUT2D eigenvalue weighted by molar-refractivity contribution is 5.92. The number of aryl methyl sites for hydroxylation is 3. The van der Waals surface area contributed by atoms with E-state index in [1.165, 1.54) is 11.1 Å². The Labute approximate surface area is 168 Å². The third-order valence-electron chi connectivity index (χ3n) is 5.25. The number of carbonyl (C=O) groups excluding carboxylic acids is 2. The second kappa shape index (κ2) is 8.74. The van der Waals surface area contributed by atoms with Crippen LogP contribution in [0.25, 0.3) is 0 Å². The fourth-order valence-corrected chi connectivity index (χ4v) is 3.71. The summed E-state index contributed by atoms with van der Waals surface area (Å²) < 4.78 is 5.06. The first-order chi connectivity index (χ1) is 13.9. The van der Waals surface area contributed by atoms with Crippen molar-refractivity contribution < 1.29 is 14.3 Å². The Balaban J connectivity index is 1.51. The Hall–Kier alpha value is -3.40. The van der Waals surface area contributed by atoms with Crippen molar-refractivity contribution in [2.75, 3.05) is 11.9 Å². The molecule has 0 saturated heterocycles. The van der Waals surface area contributed by atoms with Crippen LogP contribution in [0.4, 0.5) is 5.69 Å². The van der Waals surface area contributed by atoms with Crippen LogP contribution < -0.4 is 10.9 Å². The van der Waals surface area contributed by atoms with E-state index in [4.69, 9.17) is 10.00 Å². The second-order valence-corrected chi connectivity index (χ2v) is 7.22. The van der Waals surface area contributed by atoms with Crippen molar-refractivity contribution in [3.05, 3.63) is 62.1 Å². The molecule has 7 heteroatoms. The zero-order valence-corrected chi connectivity index (χ0v) is 16.6. The second-order valence-electron chi connectivity index (χ2n) is 7.22. The Kier molecular flexibility index (Phi) is 6.13. The van der Waals surface area contributed by atoms with Gasteiger partial charge in [0, 0.05) is 17.8 Å². The molecule has 0 fully saturated rings. The van der Waals surface area contributed by atoms with E-state index in [-0.39, 0.29) is 24.5 Å². The summed E-state index contributed by atoms with van der Waals surface area (Å²) in [6, 6.07) is 7.74.